The maximum absolute atomic E-state index is 13.4. The summed E-state index contributed by atoms with van der Waals surface area (Å²) in [5.41, 5.74) is -1.22. The Kier molecular flexibility index (Phi) is 3.97. The van der Waals surface area contributed by atoms with Gasteiger partial charge in [-0.2, -0.15) is 9.45 Å². The highest BCUT2D eigenvalue weighted by Gasteiger charge is 2.20. The lowest BCUT2D eigenvalue weighted by molar-refractivity contribution is -0.387. The number of rotatable bonds is 4. The van der Waals surface area contributed by atoms with Crippen molar-refractivity contribution in [1.82, 2.24) is 0 Å². The second-order valence-corrected chi connectivity index (χ2v) is 4.53. The Morgan fingerprint density at radius 1 is 1.44 bits per heavy atom. The van der Waals surface area contributed by atoms with Gasteiger partial charge >= 0.3 is 5.69 Å². The van der Waals surface area contributed by atoms with Gasteiger partial charge in [0, 0.05) is 12.1 Å². The van der Waals surface area contributed by atoms with E-state index in [1.165, 1.54) is 6.07 Å². The summed E-state index contributed by atoms with van der Waals surface area (Å²) in [6.45, 7) is 5.14. The van der Waals surface area contributed by atoms with E-state index in [9.17, 15) is 19.3 Å². The van der Waals surface area contributed by atoms with Gasteiger partial charge in [0.25, 0.3) is 0 Å². The molecule has 0 radical (unpaired) electrons. The number of hydrogen-bond acceptors (Lipinski definition) is 4. The highest BCUT2D eigenvalue weighted by molar-refractivity contribution is 5.72. The van der Waals surface area contributed by atoms with Crippen LogP contribution in [0.1, 0.15) is 20.8 Å². The highest BCUT2D eigenvalue weighted by atomic mass is 19.1. The van der Waals surface area contributed by atoms with Gasteiger partial charge in [-0.05, 0) is 26.8 Å². The molecular weight excluding hydrogens is 243 g/mol. The Balaban J connectivity index is 3.05. The van der Waals surface area contributed by atoms with Crippen LogP contribution in [-0.4, -0.2) is 16.9 Å². The third kappa shape index (κ3) is 3.49. The average molecular weight is 256 g/mol. The highest BCUT2D eigenvalue weighted by Crippen LogP contribution is 2.24. The molecule has 0 aliphatic heterocycles. The van der Waals surface area contributed by atoms with E-state index in [4.69, 9.17) is 4.84 Å². The summed E-state index contributed by atoms with van der Waals surface area (Å²) in [5.74, 6) is -1.03. The van der Waals surface area contributed by atoms with Crippen LogP contribution >= 0.6 is 0 Å². The largest absolute Gasteiger partial charge is 0.304 e. The fourth-order valence-electron chi connectivity index (χ4n) is 1.21. The van der Waals surface area contributed by atoms with Crippen LogP contribution < -0.4 is 5.06 Å². The lowest BCUT2D eigenvalue weighted by Crippen LogP contribution is -2.33. The second kappa shape index (κ2) is 5.09. The predicted octanol–water partition coefficient (Wildman–Crippen LogP) is 2.43. The van der Waals surface area contributed by atoms with E-state index >= 15 is 0 Å². The van der Waals surface area contributed by atoms with Gasteiger partial charge in [0.1, 0.15) is 0 Å². The number of amides is 1. The molecule has 1 rings (SSSR count). The van der Waals surface area contributed by atoms with Gasteiger partial charge in [-0.25, -0.2) is 0 Å². The molecule has 6 nitrogen and oxygen atoms in total. The van der Waals surface area contributed by atoms with Crippen molar-refractivity contribution in [2.24, 2.45) is 0 Å². The number of nitro groups is 1. The standard InChI is InChI=1S/C11H13FN2O4/c1-11(2,3)18-13(7-15)8-4-5-10(14(16)17)9(12)6-8/h4-7H,1-3H3. The SMILES string of the molecule is CC(C)(C)ON(C=O)c1ccc([N+](=O)[O-])c(F)c1. The predicted molar refractivity (Wildman–Crippen MR) is 62.4 cm³/mol. The van der Waals surface area contributed by atoms with Crippen LogP contribution in [0.2, 0.25) is 0 Å². The van der Waals surface area contributed by atoms with E-state index in [2.05, 4.69) is 0 Å². The van der Waals surface area contributed by atoms with Crippen LogP contribution in [0.5, 0.6) is 0 Å². The Morgan fingerprint density at radius 2 is 2.06 bits per heavy atom. The number of nitro benzene ring substituents is 1. The third-order valence-electron chi connectivity index (χ3n) is 1.85. The van der Waals surface area contributed by atoms with Crippen molar-refractivity contribution < 1.29 is 18.9 Å². The first-order valence-electron chi connectivity index (χ1n) is 5.12. The van der Waals surface area contributed by atoms with Crippen LogP contribution in [0.4, 0.5) is 15.8 Å². The molecule has 1 aromatic rings. The molecule has 0 atom stereocenters. The summed E-state index contributed by atoms with van der Waals surface area (Å²) in [4.78, 5) is 25.7. The zero-order valence-corrected chi connectivity index (χ0v) is 10.2. The van der Waals surface area contributed by atoms with Gasteiger partial charge in [0.15, 0.2) is 0 Å². The molecule has 0 spiro atoms. The van der Waals surface area contributed by atoms with Crippen molar-refractivity contribution in [2.45, 2.75) is 26.4 Å². The molecule has 98 valence electrons. The molecule has 0 heterocycles. The maximum Gasteiger partial charge on any atom is 0.304 e. The van der Waals surface area contributed by atoms with Gasteiger partial charge in [0.2, 0.25) is 12.2 Å². The quantitative estimate of drug-likeness (QED) is 0.471. The molecule has 0 aromatic heterocycles. The number of halogens is 1. The lowest BCUT2D eigenvalue weighted by Gasteiger charge is -2.26. The minimum absolute atomic E-state index is 0.0861. The van der Waals surface area contributed by atoms with Crippen LogP contribution in [-0.2, 0) is 9.63 Å². The summed E-state index contributed by atoms with van der Waals surface area (Å²) >= 11 is 0. The van der Waals surface area contributed by atoms with Crippen molar-refractivity contribution in [3.05, 3.63) is 34.1 Å². The Hall–Kier alpha value is -2.02. The van der Waals surface area contributed by atoms with Gasteiger partial charge in [-0.3, -0.25) is 19.7 Å². The van der Waals surface area contributed by atoms with Crippen LogP contribution in [0.15, 0.2) is 18.2 Å². The third-order valence-corrected chi connectivity index (χ3v) is 1.85. The molecule has 0 fully saturated rings. The summed E-state index contributed by atoms with van der Waals surface area (Å²) in [6, 6.07) is 3.09. The minimum Gasteiger partial charge on any atom is -0.276 e. The minimum atomic E-state index is -1.03. The van der Waals surface area contributed by atoms with Crippen LogP contribution in [0.25, 0.3) is 0 Å². The van der Waals surface area contributed by atoms with Crippen LogP contribution in [0, 0.1) is 15.9 Å². The molecule has 1 amide bonds. The smallest absolute Gasteiger partial charge is 0.276 e. The number of anilines is 1. The molecule has 0 saturated carbocycles. The zero-order chi connectivity index (χ0) is 13.9. The van der Waals surface area contributed by atoms with Crippen LogP contribution in [0.3, 0.4) is 0 Å². The van der Waals surface area contributed by atoms with Crippen molar-refractivity contribution in [3.8, 4) is 0 Å². The first-order chi connectivity index (χ1) is 8.24. The lowest BCUT2D eigenvalue weighted by atomic mass is 10.2. The van der Waals surface area contributed by atoms with E-state index in [1.807, 2.05) is 0 Å². The van der Waals surface area contributed by atoms with Crippen molar-refractivity contribution in [2.75, 3.05) is 5.06 Å². The van der Waals surface area contributed by atoms with Gasteiger partial charge in [-0.1, -0.05) is 0 Å². The van der Waals surface area contributed by atoms with E-state index in [0.29, 0.717) is 6.41 Å². The topological polar surface area (TPSA) is 72.7 Å². The van der Waals surface area contributed by atoms with E-state index < -0.39 is 22.0 Å². The maximum atomic E-state index is 13.4. The molecule has 0 saturated heterocycles. The molecule has 0 aliphatic rings. The molecule has 7 heteroatoms. The monoisotopic (exact) mass is 256 g/mol. The number of hydrogen-bond donors (Lipinski definition) is 0. The fourth-order valence-corrected chi connectivity index (χ4v) is 1.21. The zero-order valence-electron chi connectivity index (χ0n) is 10.2. The Labute approximate surface area is 103 Å². The molecule has 0 unspecified atom stereocenters. The number of carbonyl (C=O) groups is 1. The number of carbonyl (C=O) groups excluding carboxylic acids is 1. The summed E-state index contributed by atoms with van der Waals surface area (Å²) in [6.07, 6.45) is 0.367. The first kappa shape index (κ1) is 14.0. The molecule has 0 bridgehead atoms. The number of nitrogens with zero attached hydrogens (tertiary/aromatic N) is 2. The Bertz CT molecular complexity index is 471. The summed E-state index contributed by atoms with van der Waals surface area (Å²) in [7, 11) is 0. The molecule has 18 heavy (non-hydrogen) atoms. The molecule has 1 aromatic carbocycles. The Morgan fingerprint density at radius 3 is 2.44 bits per heavy atom. The van der Waals surface area contributed by atoms with Gasteiger partial charge < -0.3 is 0 Å². The first-order valence-corrected chi connectivity index (χ1v) is 5.12. The fraction of sp³-hybridized carbons (Fsp3) is 0.364. The normalized spacial score (nSPS) is 11.1. The van der Waals surface area contributed by atoms with E-state index in [0.717, 1.165) is 17.2 Å². The summed E-state index contributed by atoms with van der Waals surface area (Å²) in [5, 5.41) is 11.3. The molecular formula is C11H13FN2O4. The number of benzene rings is 1. The molecule has 0 aliphatic carbocycles. The second-order valence-electron chi connectivity index (χ2n) is 4.53. The summed E-state index contributed by atoms with van der Waals surface area (Å²) < 4.78 is 13.4. The van der Waals surface area contributed by atoms with E-state index in [1.54, 1.807) is 20.8 Å². The van der Waals surface area contributed by atoms with Crippen molar-refractivity contribution >= 4 is 17.8 Å². The number of hydroxylamine groups is 1. The van der Waals surface area contributed by atoms with E-state index in [-0.39, 0.29) is 5.69 Å². The van der Waals surface area contributed by atoms with Gasteiger partial charge in [-0.15, -0.1) is 0 Å². The molecule has 0 N–H and O–H groups in total. The van der Waals surface area contributed by atoms with Crippen molar-refractivity contribution in [1.29, 1.82) is 0 Å². The average Bonchev–Trinajstić information content (AvgIpc) is 2.24. The van der Waals surface area contributed by atoms with Crippen molar-refractivity contribution in [3.63, 3.8) is 0 Å². The van der Waals surface area contributed by atoms with Gasteiger partial charge in [0.05, 0.1) is 16.2 Å².